The third-order valence-electron chi connectivity index (χ3n) is 4.58. The molecule has 0 saturated carbocycles. The zero-order valence-corrected chi connectivity index (χ0v) is 18.4. The average Bonchev–Trinajstić information content (AvgIpc) is 3.34. The molecule has 29 heavy (non-hydrogen) atoms. The lowest BCUT2D eigenvalue weighted by atomic mass is 10.3. The van der Waals surface area contributed by atoms with Crippen LogP contribution in [0, 0.1) is 0 Å². The topological polar surface area (TPSA) is 69.7 Å². The van der Waals surface area contributed by atoms with E-state index in [1.54, 1.807) is 24.3 Å². The first-order valence-corrected chi connectivity index (χ1v) is 12.0. The normalized spacial score (nSPS) is 15.0. The van der Waals surface area contributed by atoms with E-state index in [1.165, 1.54) is 21.7 Å². The van der Waals surface area contributed by atoms with Gasteiger partial charge in [0, 0.05) is 36.7 Å². The number of nitrogens with one attached hydrogen (secondary N) is 1. The number of rotatable bonds is 9. The van der Waals surface area contributed by atoms with E-state index in [0.717, 1.165) is 17.7 Å². The van der Waals surface area contributed by atoms with E-state index in [1.807, 2.05) is 17.0 Å². The Labute approximate surface area is 180 Å². The average molecular weight is 454 g/mol. The molecule has 1 aromatic heterocycles. The van der Waals surface area contributed by atoms with Gasteiger partial charge in [0.05, 0.1) is 15.8 Å². The molecular weight excluding hydrogens is 430 g/mol. The minimum Gasteiger partial charge on any atom is -0.325 e. The molecule has 1 fully saturated rings. The van der Waals surface area contributed by atoms with E-state index in [9.17, 15) is 13.2 Å². The number of anilines is 1. The van der Waals surface area contributed by atoms with Gasteiger partial charge < -0.3 is 5.32 Å². The summed E-state index contributed by atoms with van der Waals surface area (Å²) in [5.41, 5.74) is 0.466. The van der Waals surface area contributed by atoms with Crippen molar-refractivity contribution in [1.29, 1.82) is 0 Å². The Kier molecular flexibility index (Phi) is 7.48. The quantitative estimate of drug-likeness (QED) is 0.586. The number of halogens is 1. The van der Waals surface area contributed by atoms with Crippen LogP contribution >= 0.6 is 22.9 Å². The molecule has 1 saturated heterocycles. The Morgan fingerprint density at radius 2 is 2.03 bits per heavy atom. The van der Waals surface area contributed by atoms with Crippen LogP contribution in [0.2, 0.25) is 4.34 Å². The maximum Gasteiger partial charge on any atom is 0.243 e. The van der Waals surface area contributed by atoms with E-state index in [2.05, 4.69) is 11.9 Å². The van der Waals surface area contributed by atoms with Crippen molar-refractivity contribution in [2.75, 3.05) is 31.5 Å². The molecule has 1 aromatic carbocycles. The van der Waals surface area contributed by atoms with Gasteiger partial charge in [-0.2, -0.15) is 4.31 Å². The third kappa shape index (κ3) is 5.90. The summed E-state index contributed by atoms with van der Waals surface area (Å²) >= 11 is 7.46. The van der Waals surface area contributed by atoms with Gasteiger partial charge in [0.1, 0.15) is 0 Å². The van der Waals surface area contributed by atoms with Gasteiger partial charge in [0.25, 0.3) is 0 Å². The molecular formula is C20H24ClN3O3S2. The van der Waals surface area contributed by atoms with Crippen molar-refractivity contribution in [3.63, 3.8) is 0 Å². The largest absolute Gasteiger partial charge is 0.325 e. The minimum absolute atomic E-state index is 0.157. The molecule has 9 heteroatoms. The van der Waals surface area contributed by atoms with Crippen molar-refractivity contribution in [2.45, 2.75) is 24.3 Å². The lowest BCUT2D eigenvalue weighted by molar-refractivity contribution is -0.117. The molecule has 3 rings (SSSR count). The standard InChI is InChI=1S/C20H24ClN3O3S2/c1-2-10-23(14-17-8-9-19(21)28-17)15-20(25)22-16-6-5-7-18(13-16)29(26,27)24-11-3-4-12-24/h2,5-9,13H,1,3-4,10-12,14-15H2,(H,22,25). The van der Waals surface area contributed by atoms with Gasteiger partial charge in [-0.3, -0.25) is 9.69 Å². The van der Waals surface area contributed by atoms with Crippen LogP contribution in [0.3, 0.4) is 0 Å². The lowest BCUT2D eigenvalue weighted by Crippen LogP contribution is -2.33. The fourth-order valence-electron chi connectivity index (χ4n) is 3.24. The van der Waals surface area contributed by atoms with Crippen molar-refractivity contribution in [3.8, 4) is 0 Å². The maximum atomic E-state index is 12.7. The lowest BCUT2D eigenvalue weighted by Gasteiger charge is -2.20. The summed E-state index contributed by atoms with van der Waals surface area (Å²) in [5.74, 6) is -0.217. The summed E-state index contributed by atoms with van der Waals surface area (Å²) < 4.78 is 27.6. The Hall–Kier alpha value is -1.71. The highest BCUT2D eigenvalue weighted by Gasteiger charge is 2.27. The van der Waals surface area contributed by atoms with Crippen LogP contribution in [-0.4, -0.2) is 49.7 Å². The SMILES string of the molecule is C=CCN(CC(=O)Nc1cccc(S(=O)(=O)N2CCCC2)c1)Cc1ccc(Cl)s1. The summed E-state index contributed by atoms with van der Waals surface area (Å²) in [6, 6.07) is 10.2. The molecule has 0 aliphatic carbocycles. The van der Waals surface area contributed by atoms with Crippen LogP contribution in [0.4, 0.5) is 5.69 Å². The Morgan fingerprint density at radius 1 is 1.28 bits per heavy atom. The van der Waals surface area contributed by atoms with Gasteiger partial charge in [-0.15, -0.1) is 17.9 Å². The molecule has 1 aliphatic heterocycles. The number of amides is 1. The van der Waals surface area contributed by atoms with Crippen LogP contribution in [0.5, 0.6) is 0 Å². The van der Waals surface area contributed by atoms with E-state index < -0.39 is 10.0 Å². The van der Waals surface area contributed by atoms with Crippen LogP contribution in [0.1, 0.15) is 17.7 Å². The van der Waals surface area contributed by atoms with Crippen molar-refractivity contribution in [2.24, 2.45) is 0 Å². The first-order chi connectivity index (χ1) is 13.9. The van der Waals surface area contributed by atoms with Gasteiger partial charge in [-0.05, 0) is 43.2 Å². The predicted molar refractivity (Wildman–Crippen MR) is 118 cm³/mol. The fourth-order valence-corrected chi connectivity index (χ4v) is 5.93. The van der Waals surface area contributed by atoms with Gasteiger partial charge in [0.2, 0.25) is 15.9 Å². The number of carbonyl (C=O) groups is 1. The summed E-state index contributed by atoms with van der Waals surface area (Å²) in [7, 11) is -3.52. The maximum absolute atomic E-state index is 12.7. The summed E-state index contributed by atoms with van der Waals surface area (Å²) in [4.78, 5) is 15.7. The highest BCUT2D eigenvalue weighted by atomic mass is 35.5. The molecule has 0 unspecified atom stereocenters. The summed E-state index contributed by atoms with van der Waals surface area (Å²) in [6.45, 7) is 6.12. The molecule has 0 spiro atoms. The number of carbonyl (C=O) groups excluding carboxylic acids is 1. The van der Waals surface area contributed by atoms with Crippen molar-refractivity contribution >= 4 is 44.6 Å². The van der Waals surface area contributed by atoms with Crippen LogP contribution < -0.4 is 5.32 Å². The van der Waals surface area contributed by atoms with Crippen molar-refractivity contribution in [1.82, 2.24) is 9.21 Å². The molecule has 0 bridgehead atoms. The minimum atomic E-state index is -3.52. The summed E-state index contributed by atoms with van der Waals surface area (Å²) in [6.07, 6.45) is 3.50. The zero-order chi connectivity index (χ0) is 20.9. The van der Waals surface area contributed by atoms with E-state index in [-0.39, 0.29) is 17.3 Å². The fraction of sp³-hybridized carbons (Fsp3) is 0.350. The number of thiophene rings is 1. The Morgan fingerprint density at radius 3 is 2.69 bits per heavy atom. The van der Waals surface area contributed by atoms with Crippen LogP contribution in [0.15, 0.2) is 53.9 Å². The van der Waals surface area contributed by atoms with E-state index in [4.69, 9.17) is 11.6 Å². The molecule has 1 amide bonds. The molecule has 1 aliphatic rings. The van der Waals surface area contributed by atoms with Gasteiger partial charge in [-0.1, -0.05) is 23.7 Å². The monoisotopic (exact) mass is 453 g/mol. The van der Waals surface area contributed by atoms with E-state index in [0.29, 0.717) is 36.2 Å². The van der Waals surface area contributed by atoms with Crippen molar-refractivity contribution < 1.29 is 13.2 Å². The second-order valence-electron chi connectivity index (χ2n) is 6.85. The second kappa shape index (κ2) is 9.86. The highest BCUT2D eigenvalue weighted by molar-refractivity contribution is 7.89. The first kappa shape index (κ1) is 22.0. The van der Waals surface area contributed by atoms with Gasteiger partial charge in [0.15, 0.2) is 0 Å². The zero-order valence-electron chi connectivity index (χ0n) is 16.0. The number of nitrogens with zero attached hydrogens (tertiary/aromatic N) is 2. The number of benzene rings is 1. The molecule has 0 radical (unpaired) electrons. The third-order valence-corrected chi connectivity index (χ3v) is 7.69. The Bertz CT molecular complexity index is 969. The predicted octanol–water partition coefficient (Wildman–Crippen LogP) is 3.81. The highest BCUT2D eigenvalue weighted by Crippen LogP contribution is 2.24. The molecule has 156 valence electrons. The number of hydrogen-bond donors (Lipinski definition) is 1. The van der Waals surface area contributed by atoms with Crippen LogP contribution in [-0.2, 0) is 21.4 Å². The van der Waals surface area contributed by atoms with Crippen molar-refractivity contribution in [3.05, 3.63) is 58.3 Å². The molecule has 6 nitrogen and oxygen atoms in total. The molecule has 2 heterocycles. The molecule has 1 N–H and O–H groups in total. The Balaban J connectivity index is 1.65. The van der Waals surface area contributed by atoms with Gasteiger partial charge in [-0.25, -0.2) is 8.42 Å². The first-order valence-electron chi connectivity index (χ1n) is 9.36. The molecule has 0 atom stereocenters. The number of hydrogen-bond acceptors (Lipinski definition) is 5. The van der Waals surface area contributed by atoms with Gasteiger partial charge >= 0.3 is 0 Å². The molecule has 2 aromatic rings. The smallest absolute Gasteiger partial charge is 0.243 e. The second-order valence-corrected chi connectivity index (χ2v) is 10.6. The summed E-state index contributed by atoms with van der Waals surface area (Å²) in [5, 5.41) is 2.80. The van der Waals surface area contributed by atoms with Crippen LogP contribution in [0.25, 0.3) is 0 Å². The van der Waals surface area contributed by atoms with E-state index >= 15 is 0 Å². The number of sulfonamides is 1.